The van der Waals surface area contributed by atoms with Gasteiger partial charge in [-0.3, -0.25) is 13.9 Å². The Morgan fingerprint density at radius 2 is 1.67 bits per heavy atom. The molecule has 9 nitrogen and oxygen atoms in total. The van der Waals surface area contributed by atoms with Crippen molar-refractivity contribution in [1.82, 2.24) is 4.90 Å². The number of sulfonamides is 1. The van der Waals surface area contributed by atoms with Gasteiger partial charge in [-0.15, -0.1) is 0 Å². The lowest BCUT2D eigenvalue weighted by molar-refractivity contribution is -0.117. The molecular formula is C28H30FN5O4S. The standard InChI is InChI=1S/C28H30FN5O4S/c1-33(2)14-15-34(39(3,37)38)22-11-9-21(10-12-22)31-27(19-6-4-18(5-7-19)16-25(30)35)26-23-13-8-20(29)17-24(23)32-28(26)36/h4-13,17,31H,14-16H2,1-3H3,(H2,30,35)(H,32,36). The van der Waals surface area contributed by atoms with E-state index in [2.05, 4.69) is 10.6 Å². The van der Waals surface area contributed by atoms with Crippen LogP contribution in [0.2, 0.25) is 0 Å². The average molecular weight is 552 g/mol. The number of amides is 2. The third-order valence-electron chi connectivity index (χ3n) is 6.17. The van der Waals surface area contributed by atoms with Crippen molar-refractivity contribution in [3.8, 4) is 0 Å². The Bertz CT molecular complexity index is 1540. The first-order chi connectivity index (χ1) is 18.4. The molecule has 0 aliphatic carbocycles. The van der Waals surface area contributed by atoms with E-state index in [4.69, 9.17) is 5.73 Å². The van der Waals surface area contributed by atoms with E-state index in [-0.39, 0.29) is 6.42 Å². The molecule has 0 aromatic heterocycles. The molecule has 0 fully saturated rings. The van der Waals surface area contributed by atoms with Crippen LogP contribution in [-0.4, -0.2) is 58.6 Å². The van der Waals surface area contributed by atoms with Crippen LogP contribution in [0.4, 0.5) is 21.5 Å². The van der Waals surface area contributed by atoms with Gasteiger partial charge in [-0.25, -0.2) is 12.8 Å². The molecule has 0 spiro atoms. The molecule has 2 amide bonds. The summed E-state index contributed by atoms with van der Waals surface area (Å²) < 4.78 is 40.0. The van der Waals surface area contributed by atoms with Crippen LogP contribution in [0.15, 0.2) is 66.7 Å². The maximum Gasteiger partial charge on any atom is 0.258 e. The number of halogens is 1. The van der Waals surface area contributed by atoms with E-state index in [0.717, 1.165) is 11.8 Å². The SMILES string of the molecule is CN(C)CCN(c1ccc(NC(=C2C(=O)Nc3cc(F)ccc32)c2ccc(CC(N)=O)cc2)cc1)S(C)(=O)=O. The Hall–Kier alpha value is -4.22. The lowest BCUT2D eigenvalue weighted by Crippen LogP contribution is -2.35. The average Bonchev–Trinajstić information content (AvgIpc) is 3.17. The highest BCUT2D eigenvalue weighted by Gasteiger charge is 2.29. The molecule has 0 atom stereocenters. The molecule has 0 saturated carbocycles. The van der Waals surface area contributed by atoms with E-state index in [1.807, 2.05) is 19.0 Å². The lowest BCUT2D eigenvalue weighted by Gasteiger charge is -2.24. The minimum Gasteiger partial charge on any atom is -0.369 e. The van der Waals surface area contributed by atoms with Gasteiger partial charge in [-0.2, -0.15) is 0 Å². The molecule has 1 aliphatic heterocycles. The van der Waals surface area contributed by atoms with Gasteiger partial charge in [0.05, 0.1) is 35.3 Å². The lowest BCUT2D eigenvalue weighted by atomic mass is 9.98. The number of fused-ring (bicyclic) bond motifs is 1. The number of carbonyl (C=O) groups is 2. The van der Waals surface area contributed by atoms with E-state index in [1.165, 1.54) is 16.4 Å². The fraction of sp³-hybridized carbons (Fsp3) is 0.214. The first-order valence-electron chi connectivity index (χ1n) is 12.1. The summed E-state index contributed by atoms with van der Waals surface area (Å²) in [5, 5.41) is 6.01. The smallest absolute Gasteiger partial charge is 0.258 e. The zero-order valence-electron chi connectivity index (χ0n) is 21.9. The molecule has 0 radical (unpaired) electrons. The zero-order valence-corrected chi connectivity index (χ0v) is 22.7. The van der Waals surface area contributed by atoms with Crippen LogP contribution in [0, 0.1) is 5.82 Å². The second-order valence-corrected chi connectivity index (χ2v) is 11.5. The Kier molecular flexibility index (Phi) is 8.03. The van der Waals surface area contributed by atoms with Crippen LogP contribution in [-0.2, 0) is 26.0 Å². The van der Waals surface area contributed by atoms with Crippen molar-refractivity contribution in [3.63, 3.8) is 0 Å². The number of nitrogens with zero attached hydrogens (tertiary/aromatic N) is 2. The summed E-state index contributed by atoms with van der Waals surface area (Å²) in [5.74, 6) is -1.33. The van der Waals surface area contributed by atoms with Gasteiger partial charge in [-0.1, -0.05) is 24.3 Å². The topological polar surface area (TPSA) is 125 Å². The maximum atomic E-state index is 13.9. The quantitative estimate of drug-likeness (QED) is 0.333. The van der Waals surface area contributed by atoms with Crippen molar-refractivity contribution in [2.75, 3.05) is 48.4 Å². The van der Waals surface area contributed by atoms with Gasteiger partial charge < -0.3 is 21.3 Å². The van der Waals surface area contributed by atoms with Crippen molar-refractivity contribution >= 4 is 50.2 Å². The second kappa shape index (κ2) is 11.3. The summed E-state index contributed by atoms with van der Waals surface area (Å²) in [6, 6.07) is 18.0. The summed E-state index contributed by atoms with van der Waals surface area (Å²) in [7, 11) is 0.237. The van der Waals surface area contributed by atoms with Gasteiger partial charge in [0.2, 0.25) is 15.9 Å². The molecular weight excluding hydrogens is 521 g/mol. The van der Waals surface area contributed by atoms with Crippen LogP contribution in [0.25, 0.3) is 11.3 Å². The van der Waals surface area contributed by atoms with Gasteiger partial charge in [0.1, 0.15) is 5.82 Å². The highest BCUT2D eigenvalue weighted by Crippen LogP contribution is 2.38. The molecule has 4 N–H and O–H groups in total. The number of nitrogens with two attached hydrogens (primary N) is 1. The van der Waals surface area contributed by atoms with Gasteiger partial charge >= 0.3 is 0 Å². The minimum atomic E-state index is -3.50. The van der Waals surface area contributed by atoms with Gasteiger partial charge in [0.25, 0.3) is 5.91 Å². The molecule has 3 aromatic rings. The van der Waals surface area contributed by atoms with Gasteiger partial charge in [-0.05, 0) is 67.7 Å². The van der Waals surface area contributed by atoms with Crippen molar-refractivity contribution < 1.29 is 22.4 Å². The number of benzene rings is 3. The Morgan fingerprint density at radius 1 is 1.00 bits per heavy atom. The second-order valence-electron chi connectivity index (χ2n) is 9.54. The summed E-state index contributed by atoms with van der Waals surface area (Å²) >= 11 is 0. The molecule has 204 valence electrons. The number of hydrogen-bond donors (Lipinski definition) is 3. The highest BCUT2D eigenvalue weighted by atomic mass is 32.2. The van der Waals surface area contributed by atoms with Crippen molar-refractivity contribution in [2.45, 2.75) is 6.42 Å². The normalized spacial score (nSPS) is 14.1. The van der Waals surface area contributed by atoms with Crippen molar-refractivity contribution in [1.29, 1.82) is 0 Å². The van der Waals surface area contributed by atoms with E-state index >= 15 is 0 Å². The largest absolute Gasteiger partial charge is 0.369 e. The highest BCUT2D eigenvalue weighted by molar-refractivity contribution is 7.92. The molecule has 1 heterocycles. The first-order valence-corrected chi connectivity index (χ1v) is 14.0. The third kappa shape index (κ3) is 6.62. The molecule has 0 bridgehead atoms. The summed E-state index contributed by atoms with van der Waals surface area (Å²) in [6.45, 7) is 0.837. The Morgan fingerprint density at radius 3 is 2.26 bits per heavy atom. The van der Waals surface area contributed by atoms with E-state index in [0.29, 0.717) is 52.5 Å². The van der Waals surface area contributed by atoms with E-state index < -0.39 is 27.7 Å². The number of hydrogen-bond acceptors (Lipinski definition) is 6. The predicted molar refractivity (Wildman–Crippen MR) is 152 cm³/mol. The predicted octanol–water partition coefficient (Wildman–Crippen LogP) is 3.11. The molecule has 39 heavy (non-hydrogen) atoms. The van der Waals surface area contributed by atoms with Crippen molar-refractivity contribution in [2.24, 2.45) is 5.73 Å². The van der Waals surface area contributed by atoms with Crippen LogP contribution in [0.3, 0.4) is 0 Å². The molecule has 4 rings (SSSR count). The van der Waals surface area contributed by atoms with Crippen LogP contribution in [0.5, 0.6) is 0 Å². The number of carbonyl (C=O) groups excluding carboxylic acids is 2. The zero-order chi connectivity index (χ0) is 28.3. The summed E-state index contributed by atoms with van der Waals surface area (Å²) in [4.78, 5) is 26.3. The van der Waals surface area contributed by atoms with Crippen LogP contribution in [0.1, 0.15) is 16.7 Å². The fourth-order valence-electron chi connectivity index (χ4n) is 4.30. The Balaban J connectivity index is 1.74. The number of rotatable bonds is 10. The third-order valence-corrected chi connectivity index (χ3v) is 7.37. The van der Waals surface area contributed by atoms with Crippen LogP contribution >= 0.6 is 0 Å². The number of primary amides is 1. The van der Waals surface area contributed by atoms with Gasteiger partial charge in [0, 0.05) is 24.3 Å². The van der Waals surface area contributed by atoms with Gasteiger partial charge in [0.15, 0.2) is 0 Å². The maximum absolute atomic E-state index is 13.9. The monoisotopic (exact) mass is 551 g/mol. The van der Waals surface area contributed by atoms with E-state index in [1.54, 1.807) is 54.6 Å². The molecule has 0 saturated heterocycles. The molecule has 0 unspecified atom stereocenters. The number of likely N-dealkylation sites (N-methyl/N-ethyl adjacent to an activating group) is 1. The van der Waals surface area contributed by atoms with Crippen LogP contribution < -0.4 is 20.7 Å². The summed E-state index contributed by atoms with van der Waals surface area (Å²) in [6.07, 6.45) is 1.24. The molecule has 11 heteroatoms. The van der Waals surface area contributed by atoms with E-state index in [9.17, 15) is 22.4 Å². The Labute approximate surface area is 227 Å². The summed E-state index contributed by atoms with van der Waals surface area (Å²) in [5.41, 5.74) is 9.48. The number of nitrogens with one attached hydrogen (secondary N) is 2. The minimum absolute atomic E-state index is 0.0777. The fourth-order valence-corrected chi connectivity index (χ4v) is 5.21. The first kappa shape index (κ1) is 27.8. The molecule has 3 aromatic carbocycles. The molecule has 1 aliphatic rings. The number of anilines is 3. The van der Waals surface area contributed by atoms with Crippen molar-refractivity contribution in [3.05, 3.63) is 89.2 Å².